The van der Waals surface area contributed by atoms with Gasteiger partial charge in [0.25, 0.3) is 0 Å². The van der Waals surface area contributed by atoms with Crippen molar-refractivity contribution in [2.75, 3.05) is 0 Å². The van der Waals surface area contributed by atoms with Crippen LogP contribution in [0.4, 0.5) is 0 Å². The fourth-order valence-electron chi connectivity index (χ4n) is 1.00. The highest BCUT2D eigenvalue weighted by atomic mass is 79.9. The van der Waals surface area contributed by atoms with Crippen LogP contribution in [-0.4, -0.2) is 0 Å². The Morgan fingerprint density at radius 2 is 2.44 bits per heavy atom. The summed E-state index contributed by atoms with van der Waals surface area (Å²) in [6.07, 6.45) is 5.51. The molecule has 0 radical (unpaired) electrons. The van der Waals surface area contributed by atoms with Gasteiger partial charge in [-0.3, -0.25) is 0 Å². The van der Waals surface area contributed by atoms with Gasteiger partial charge in [0.05, 0.1) is 3.79 Å². The molecule has 0 saturated heterocycles. The van der Waals surface area contributed by atoms with Gasteiger partial charge in [0, 0.05) is 11.3 Å². The first-order chi connectivity index (χ1) is 4.36. The van der Waals surface area contributed by atoms with Crippen molar-refractivity contribution in [3.05, 3.63) is 26.4 Å². The molecule has 1 aliphatic rings. The van der Waals surface area contributed by atoms with E-state index in [1.807, 2.05) is 11.3 Å². The molecule has 0 fully saturated rings. The molecule has 0 atom stereocenters. The molecule has 0 spiro atoms. The van der Waals surface area contributed by atoms with Gasteiger partial charge in [-0.25, -0.2) is 0 Å². The molecule has 2 heteroatoms. The third-order valence-electron chi connectivity index (χ3n) is 1.41. The number of rotatable bonds is 0. The Morgan fingerprint density at radius 1 is 1.56 bits per heavy atom. The topological polar surface area (TPSA) is 0 Å². The molecular weight excluding hydrogens is 196 g/mol. The minimum atomic E-state index is 1.13. The molecule has 0 bridgehead atoms. The average Bonchev–Trinajstić information content (AvgIpc) is 2.22. The third-order valence-corrected chi connectivity index (χ3v) is 3.09. The Bertz CT molecular complexity index is 260. The van der Waals surface area contributed by atoms with Crippen LogP contribution < -0.4 is 0 Å². The summed E-state index contributed by atoms with van der Waals surface area (Å²) in [6.45, 7) is 0. The minimum Gasteiger partial charge on any atom is -0.132 e. The normalized spacial score (nSPS) is 14.3. The van der Waals surface area contributed by atoms with Crippen LogP contribution in [0.25, 0.3) is 6.08 Å². The maximum absolute atomic E-state index is 3.44. The van der Waals surface area contributed by atoms with Gasteiger partial charge in [0.15, 0.2) is 0 Å². The number of thiophene rings is 1. The van der Waals surface area contributed by atoms with Crippen LogP contribution >= 0.6 is 27.3 Å². The Balaban J connectivity index is 2.61. The molecule has 0 unspecified atom stereocenters. The number of hydrogen-bond donors (Lipinski definition) is 0. The first-order valence-corrected chi connectivity index (χ1v) is 4.42. The van der Waals surface area contributed by atoms with E-state index in [1.165, 1.54) is 14.2 Å². The second kappa shape index (κ2) is 1.96. The van der Waals surface area contributed by atoms with E-state index in [9.17, 15) is 0 Å². The second-order valence-electron chi connectivity index (χ2n) is 2.04. The van der Waals surface area contributed by atoms with Gasteiger partial charge < -0.3 is 0 Å². The average molecular weight is 201 g/mol. The van der Waals surface area contributed by atoms with Gasteiger partial charge in [-0.1, -0.05) is 12.2 Å². The molecule has 2 rings (SSSR count). The molecule has 1 aromatic heterocycles. The van der Waals surface area contributed by atoms with Gasteiger partial charge >= 0.3 is 0 Å². The van der Waals surface area contributed by atoms with Crippen molar-refractivity contribution >= 4 is 33.3 Å². The van der Waals surface area contributed by atoms with E-state index in [4.69, 9.17) is 0 Å². The monoisotopic (exact) mass is 200 g/mol. The van der Waals surface area contributed by atoms with Crippen LogP contribution in [0.1, 0.15) is 10.4 Å². The van der Waals surface area contributed by atoms with Crippen LogP contribution in [0, 0.1) is 0 Å². The highest BCUT2D eigenvalue weighted by Crippen LogP contribution is 2.31. The molecule has 0 saturated carbocycles. The molecule has 9 heavy (non-hydrogen) atoms. The van der Waals surface area contributed by atoms with E-state index < -0.39 is 0 Å². The summed E-state index contributed by atoms with van der Waals surface area (Å²) in [5.74, 6) is 0. The highest BCUT2D eigenvalue weighted by molar-refractivity contribution is 9.11. The Hall–Kier alpha value is -0.0800. The lowest BCUT2D eigenvalue weighted by Gasteiger charge is -1.80. The van der Waals surface area contributed by atoms with Crippen molar-refractivity contribution < 1.29 is 0 Å². The highest BCUT2D eigenvalue weighted by Gasteiger charge is 2.07. The molecular formula is C7H5BrS. The summed E-state index contributed by atoms with van der Waals surface area (Å²) in [7, 11) is 0. The molecule has 0 nitrogen and oxygen atoms in total. The maximum Gasteiger partial charge on any atom is 0.0707 e. The van der Waals surface area contributed by atoms with Crippen LogP contribution in [0.15, 0.2) is 15.9 Å². The molecule has 0 aliphatic heterocycles. The molecule has 0 amide bonds. The van der Waals surface area contributed by atoms with E-state index in [0.717, 1.165) is 6.42 Å². The predicted molar refractivity (Wildman–Crippen MR) is 44.8 cm³/mol. The van der Waals surface area contributed by atoms with Gasteiger partial charge in [-0.15, -0.1) is 11.3 Å². The lowest BCUT2D eigenvalue weighted by Crippen LogP contribution is -1.64. The zero-order chi connectivity index (χ0) is 6.27. The van der Waals surface area contributed by atoms with E-state index >= 15 is 0 Å². The van der Waals surface area contributed by atoms with E-state index in [0.29, 0.717) is 0 Å². The van der Waals surface area contributed by atoms with Crippen molar-refractivity contribution in [2.45, 2.75) is 6.42 Å². The van der Waals surface area contributed by atoms with Crippen LogP contribution in [-0.2, 0) is 6.42 Å². The molecule has 1 heterocycles. The van der Waals surface area contributed by atoms with E-state index in [2.05, 4.69) is 34.1 Å². The van der Waals surface area contributed by atoms with Crippen molar-refractivity contribution in [2.24, 2.45) is 0 Å². The Morgan fingerprint density at radius 3 is 3.22 bits per heavy atom. The Labute approximate surface area is 66.3 Å². The zero-order valence-corrected chi connectivity index (χ0v) is 7.13. The standard InChI is InChI=1S/C7H5BrS/c8-7-4-5-2-1-3-6(5)9-7/h1-2,4H,3H2. The summed E-state index contributed by atoms with van der Waals surface area (Å²) >= 11 is 5.27. The van der Waals surface area contributed by atoms with Crippen molar-refractivity contribution in [3.63, 3.8) is 0 Å². The summed E-state index contributed by atoms with van der Waals surface area (Å²) in [4.78, 5) is 1.49. The predicted octanol–water partition coefficient (Wildman–Crippen LogP) is 3.08. The lowest BCUT2D eigenvalue weighted by molar-refractivity contribution is 1.40. The first-order valence-electron chi connectivity index (χ1n) is 2.81. The number of allylic oxidation sites excluding steroid dienone is 1. The molecule has 1 aromatic rings. The van der Waals surface area contributed by atoms with Crippen molar-refractivity contribution in [1.29, 1.82) is 0 Å². The molecule has 0 N–H and O–H groups in total. The number of fused-ring (bicyclic) bond motifs is 1. The largest absolute Gasteiger partial charge is 0.132 e. The van der Waals surface area contributed by atoms with Crippen LogP contribution in [0.5, 0.6) is 0 Å². The Kier molecular flexibility index (Phi) is 1.24. The molecule has 1 aliphatic carbocycles. The lowest BCUT2D eigenvalue weighted by atomic mass is 10.3. The second-order valence-corrected chi connectivity index (χ2v) is 4.55. The van der Waals surface area contributed by atoms with Crippen molar-refractivity contribution in [1.82, 2.24) is 0 Å². The van der Waals surface area contributed by atoms with Crippen molar-refractivity contribution in [3.8, 4) is 0 Å². The SMILES string of the molecule is Brc1cc2c(s1)CC=C2. The molecule has 46 valence electrons. The fraction of sp³-hybridized carbons (Fsp3) is 0.143. The summed E-state index contributed by atoms with van der Waals surface area (Å²) < 4.78 is 1.25. The van der Waals surface area contributed by atoms with Gasteiger partial charge in [-0.05, 0) is 27.6 Å². The molecule has 0 aromatic carbocycles. The number of hydrogen-bond acceptors (Lipinski definition) is 1. The summed E-state index contributed by atoms with van der Waals surface area (Å²) in [5, 5.41) is 0. The van der Waals surface area contributed by atoms with E-state index in [-0.39, 0.29) is 0 Å². The summed E-state index contributed by atoms with van der Waals surface area (Å²) in [5.41, 5.74) is 1.40. The first kappa shape index (κ1) is 5.69. The maximum atomic E-state index is 3.44. The van der Waals surface area contributed by atoms with Gasteiger partial charge in [0.2, 0.25) is 0 Å². The summed E-state index contributed by atoms with van der Waals surface area (Å²) in [6, 6.07) is 2.17. The number of halogens is 1. The zero-order valence-electron chi connectivity index (χ0n) is 4.73. The van der Waals surface area contributed by atoms with Crippen LogP contribution in [0.2, 0.25) is 0 Å². The fourth-order valence-corrected chi connectivity index (χ4v) is 2.68. The van der Waals surface area contributed by atoms with Gasteiger partial charge in [-0.2, -0.15) is 0 Å². The van der Waals surface area contributed by atoms with E-state index in [1.54, 1.807) is 0 Å². The third kappa shape index (κ3) is 0.864. The quantitative estimate of drug-likeness (QED) is 0.605. The van der Waals surface area contributed by atoms with Crippen LogP contribution in [0.3, 0.4) is 0 Å². The smallest absolute Gasteiger partial charge is 0.0707 e. The van der Waals surface area contributed by atoms with Gasteiger partial charge in [0.1, 0.15) is 0 Å². The minimum absolute atomic E-state index is 1.13.